The van der Waals surface area contributed by atoms with Crippen molar-refractivity contribution in [3.05, 3.63) is 18.0 Å². The molecule has 0 radical (unpaired) electrons. The van der Waals surface area contributed by atoms with E-state index in [0.29, 0.717) is 5.95 Å². The zero-order valence-electron chi connectivity index (χ0n) is 10.9. The van der Waals surface area contributed by atoms with Crippen LogP contribution in [0.2, 0.25) is 0 Å². The maximum Gasteiger partial charge on any atom is 0.222 e. The van der Waals surface area contributed by atoms with Crippen LogP contribution in [0.4, 0.5) is 5.95 Å². The van der Waals surface area contributed by atoms with Gasteiger partial charge in [-0.15, -0.1) is 5.10 Å². The monoisotopic (exact) mass is 280 g/mol. The molecular formula is C10H16N8S. The third-order valence-corrected chi connectivity index (χ3v) is 3.36. The molecule has 19 heavy (non-hydrogen) atoms. The molecule has 102 valence electrons. The predicted molar refractivity (Wildman–Crippen MR) is 72.8 cm³/mol. The van der Waals surface area contributed by atoms with Crippen LogP contribution in [0.15, 0.2) is 17.6 Å². The summed E-state index contributed by atoms with van der Waals surface area (Å²) in [6.07, 6.45) is 3.62. The van der Waals surface area contributed by atoms with Gasteiger partial charge >= 0.3 is 0 Å². The SMILES string of the molecule is CNc1ncc(CNCCSc2nnnn2C)cn1. The zero-order chi connectivity index (χ0) is 13.5. The van der Waals surface area contributed by atoms with Gasteiger partial charge in [-0.25, -0.2) is 14.6 Å². The Balaban J connectivity index is 1.65. The minimum absolute atomic E-state index is 0.633. The highest BCUT2D eigenvalue weighted by Crippen LogP contribution is 2.10. The van der Waals surface area contributed by atoms with Crippen molar-refractivity contribution in [3.8, 4) is 0 Å². The minimum atomic E-state index is 0.633. The Morgan fingerprint density at radius 1 is 1.32 bits per heavy atom. The summed E-state index contributed by atoms with van der Waals surface area (Å²) in [6.45, 7) is 1.62. The van der Waals surface area contributed by atoms with Crippen LogP contribution in [0.25, 0.3) is 0 Å². The molecule has 0 aliphatic heterocycles. The van der Waals surface area contributed by atoms with Crippen LogP contribution in [-0.4, -0.2) is 49.5 Å². The van der Waals surface area contributed by atoms with Gasteiger partial charge < -0.3 is 10.6 Å². The van der Waals surface area contributed by atoms with E-state index in [4.69, 9.17) is 0 Å². The van der Waals surface area contributed by atoms with Crippen LogP contribution >= 0.6 is 11.8 Å². The smallest absolute Gasteiger partial charge is 0.222 e. The Labute approximate surface area is 115 Å². The Bertz CT molecular complexity index is 496. The van der Waals surface area contributed by atoms with Crippen molar-refractivity contribution in [2.24, 2.45) is 7.05 Å². The molecule has 0 aliphatic carbocycles. The van der Waals surface area contributed by atoms with Crippen molar-refractivity contribution in [1.29, 1.82) is 0 Å². The van der Waals surface area contributed by atoms with E-state index < -0.39 is 0 Å². The number of hydrogen-bond acceptors (Lipinski definition) is 8. The fourth-order valence-corrected chi connectivity index (χ4v) is 2.11. The van der Waals surface area contributed by atoms with E-state index in [1.165, 1.54) is 0 Å². The summed E-state index contributed by atoms with van der Waals surface area (Å²) in [6, 6.07) is 0. The van der Waals surface area contributed by atoms with E-state index in [1.54, 1.807) is 23.5 Å². The summed E-state index contributed by atoms with van der Waals surface area (Å²) in [5.74, 6) is 1.54. The van der Waals surface area contributed by atoms with Crippen molar-refractivity contribution >= 4 is 17.7 Å². The maximum atomic E-state index is 4.15. The van der Waals surface area contributed by atoms with Crippen molar-refractivity contribution < 1.29 is 0 Å². The molecular weight excluding hydrogens is 264 g/mol. The van der Waals surface area contributed by atoms with Gasteiger partial charge in [0.2, 0.25) is 11.1 Å². The van der Waals surface area contributed by atoms with E-state index in [0.717, 1.165) is 29.6 Å². The molecule has 2 aromatic heterocycles. The van der Waals surface area contributed by atoms with Crippen molar-refractivity contribution in [2.75, 3.05) is 24.7 Å². The highest BCUT2D eigenvalue weighted by Gasteiger charge is 2.01. The quantitative estimate of drug-likeness (QED) is 0.537. The lowest BCUT2D eigenvalue weighted by Gasteiger charge is -2.04. The van der Waals surface area contributed by atoms with Gasteiger partial charge in [-0.3, -0.25) is 0 Å². The summed E-state index contributed by atoms with van der Waals surface area (Å²) < 4.78 is 1.66. The second kappa shape index (κ2) is 7.00. The second-order valence-corrected chi connectivity index (χ2v) is 4.84. The van der Waals surface area contributed by atoms with E-state index in [2.05, 4.69) is 36.1 Å². The molecule has 0 aromatic carbocycles. The van der Waals surface area contributed by atoms with Gasteiger partial charge in [-0.05, 0) is 10.4 Å². The Hall–Kier alpha value is -1.74. The van der Waals surface area contributed by atoms with Gasteiger partial charge in [-0.2, -0.15) is 0 Å². The third-order valence-electron chi connectivity index (χ3n) is 2.35. The topological polar surface area (TPSA) is 93.4 Å². The second-order valence-electron chi connectivity index (χ2n) is 3.78. The van der Waals surface area contributed by atoms with Gasteiger partial charge in [0.05, 0.1) is 0 Å². The highest BCUT2D eigenvalue weighted by atomic mass is 32.2. The summed E-state index contributed by atoms with van der Waals surface area (Å²) in [4.78, 5) is 8.30. The zero-order valence-corrected chi connectivity index (χ0v) is 11.7. The number of aryl methyl sites for hydroxylation is 1. The molecule has 0 spiro atoms. The minimum Gasteiger partial charge on any atom is -0.357 e. The average molecular weight is 280 g/mol. The molecule has 0 amide bonds. The average Bonchev–Trinajstić information content (AvgIpc) is 2.85. The number of nitrogens with one attached hydrogen (secondary N) is 2. The Morgan fingerprint density at radius 2 is 2.11 bits per heavy atom. The molecule has 2 aromatic rings. The number of nitrogens with zero attached hydrogens (tertiary/aromatic N) is 6. The first-order chi connectivity index (χ1) is 9.29. The normalized spacial score (nSPS) is 10.6. The summed E-state index contributed by atoms with van der Waals surface area (Å²) >= 11 is 1.62. The lowest BCUT2D eigenvalue weighted by molar-refractivity contribution is 0.663. The molecule has 8 nitrogen and oxygen atoms in total. The number of thioether (sulfide) groups is 1. The van der Waals surface area contributed by atoms with Crippen molar-refractivity contribution in [3.63, 3.8) is 0 Å². The van der Waals surface area contributed by atoms with Crippen LogP contribution in [0.3, 0.4) is 0 Å². The summed E-state index contributed by atoms with van der Waals surface area (Å²) in [5.41, 5.74) is 1.06. The first-order valence-corrected chi connectivity index (χ1v) is 6.82. The molecule has 2 N–H and O–H groups in total. The van der Waals surface area contributed by atoms with E-state index in [-0.39, 0.29) is 0 Å². The molecule has 0 atom stereocenters. The molecule has 2 heterocycles. The van der Waals surface area contributed by atoms with Crippen LogP contribution in [-0.2, 0) is 13.6 Å². The fraction of sp³-hybridized carbons (Fsp3) is 0.500. The van der Waals surface area contributed by atoms with E-state index >= 15 is 0 Å². The third kappa shape index (κ3) is 4.14. The van der Waals surface area contributed by atoms with Crippen molar-refractivity contribution in [1.82, 2.24) is 35.5 Å². The number of anilines is 1. The molecule has 0 saturated heterocycles. The lowest BCUT2D eigenvalue weighted by Crippen LogP contribution is -2.17. The van der Waals surface area contributed by atoms with Gasteiger partial charge in [0.15, 0.2) is 0 Å². The fourth-order valence-electron chi connectivity index (χ4n) is 1.37. The van der Waals surface area contributed by atoms with E-state index in [1.807, 2.05) is 19.4 Å². The molecule has 0 saturated carbocycles. The number of aromatic nitrogens is 6. The van der Waals surface area contributed by atoms with Crippen LogP contribution in [0.5, 0.6) is 0 Å². The maximum absolute atomic E-state index is 4.15. The number of hydrogen-bond donors (Lipinski definition) is 2. The molecule has 0 bridgehead atoms. The van der Waals surface area contributed by atoms with Gasteiger partial charge in [0.1, 0.15) is 0 Å². The summed E-state index contributed by atoms with van der Waals surface area (Å²) in [5, 5.41) is 18.3. The molecule has 0 fully saturated rings. The molecule has 9 heteroatoms. The largest absolute Gasteiger partial charge is 0.357 e. The Kier molecular flexibility index (Phi) is 5.04. The first-order valence-electron chi connectivity index (χ1n) is 5.84. The van der Waals surface area contributed by atoms with Gasteiger partial charge in [0, 0.05) is 50.9 Å². The highest BCUT2D eigenvalue weighted by molar-refractivity contribution is 7.99. The molecule has 0 aliphatic rings. The van der Waals surface area contributed by atoms with Gasteiger partial charge in [-0.1, -0.05) is 11.8 Å². The molecule has 0 unspecified atom stereocenters. The standard InChI is InChI=1S/C10H16N8S/c1-11-9-13-6-8(7-14-9)5-12-3-4-19-10-15-16-17-18(10)2/h6-7,12H,3-5H2,1-2H3,(H,11,13,14). The van der Waals surface area contributed by atoms with Crippen LogP contribution in [0, 0.1) is 0 Å². The van der Waals surface area contributed by atoms with E-state index in [9.17, 15) is 0 Å². The Morgan fingerprint density at radius 3 is 2.74 bits per heavy atom. The number of tetrazole rings is 1. The summed E-state index contributed by atoms with van der Waals surface area (Å²) in [7, 11) is 3.63. The first kappa shape index (κ1) is 13.7. The van der Waals surface area contributed by atoms with Crippen LogP contribution < -0.4 is 10.6 Å². The molecule has 2 rings (SSSR count). The van der Waals surface area contributed by atoms with Gasteiger partial charge in [0.25, 0.3) is 0 Å². The van der Waals surface area contributed by atoms with Crippen LogP contribution in [0.1, 0.15) is 5.56 Å². The van der Waals surface area contributed by atoms with Crippen molar-refractivity contribution in [2.45, 2.75) is 11.7 Å². The number of rotatable bonds is 7. The predicted octanol–water partition coefficient (Wildman–Crippen LogP) is -0.0763. The lowest BCUT2D eigenvalue weighted by atomic mass is 10.3.